The number of rotatable bonds is 4. The van der Waals surface area contributed by atoms with Crippen molar-refractivity contribution in [2.75, 3.05) is 17.7 Å². The number of aryl methyl sites for hydroxylation is 1. The lowest BCUT2D eigenvalue weighted by Crippen LogP contribution is -2.02. The van der Waals surface area contributed by atoms with E-state index in [0.29, 0.717) is 0 Å². The molecule has 0 aliphatic rings. The van der Waals surface area contributed by atoms with Crippen LogP contribution < -0.4 is 10.6 Å². The molecule has 0 aromatic carbocycles. The Morgan fingerprint density at radius 1 is 1.31 bits per heavy atom. The molecule has 0 radical (unpaired) electrons. The maximum Gasteiger partial charge on any atom is 0.128 e. The minimum atomic E-state index is 0.774. The van der Waals surface area contributed by atoms with E-state index in [1.54, 1.807) is 11.3 Å². The van der Waals surface area contributed by atoms with Crippen molar-refractivity contribution < 1.29 is 0 Å². The van der Waals surface area contributed by atoms with Gasteiger partial charge in [0.1, 0.15) is 11.6 Å². The van der Waals surface area contributed by atoms with Crippen LogP contribution in [0.5, 0.6) is 0 Å². The molecule has 0 saturated carbocycles. The Balaban J connectivity index is 2.02. The van der Waals surface area contributed by atoms with Crippen molar-refractivity contribution >= 4 is 23.0 Å². The Kier molecular flexibility index (Phi) is 3.36. The summed E-state index contributed by atoms with van der Waals surface area (Å²) in [5, 5.41) is 6.29. The Labute approximate surface area is 98.8 Å². The number of hydrogen-bond donors (Lipinski definition) is 2. The van der Waals surface area contributed by atoms with Crippen molar-refractivity contribution in [2.45, 2.75) is 13.5 Å². The molecule has 2 heterocycles. The molecule has 84 valence electrons. The average molecular weight is 234 g/mol. The van der Waals surface area contributed by atoms with Crippen LogP contribution in [0.3, 0.4) is 0 Å². The molecule has 0 aliphatic carbocycles. The highest BCUT2D eigenvalue weighted by atomic mass is 32.1. The van der Waals surface area contributed by atoms with Gasteiger partial charge >= 0.3 is 0 Å². The molecule has 2 aromatic rings. The number of nitrogens with one attached hydrogen (secondary N) is 2. The van der Waals surface area contributed by atoms with E-state index in [2.05, 4.69) is 20.6 Å². The molecule has 2 rings (SSSR count). The first-order valence-corrected chi connectivity index (χ1v) is 5.95. The first kappa shape index (κ1) is 10.9. The topological polar surface area (TPSA) is 49.8 Å². The molecule has 0 bridgehead atoms. The normalized spacial score (nSPS) is 10.1. The van der Waals surface area contributed by atoms with Crippen molar-refractivity contribution in [3.63, 3.8) is 0 Å². The first-order chi connectivity index (χ1) is 7.79. The summed E-state index contributed by atoms with van der Waals surface area (Å²) in [5.41, 5.74) is 2.95. The second-order valence-electron chi connectivity index (χ2n) is 3.37. The summed E-state index contributed by atoms with van der Waals surface area (Å²) in [5.74, 6) is 1.74. The van der Waals surface area contributed by atoms with Crippen LogP contribution in [0, 0.1) is 6.92 Å². The summed E-state index contributed by atoms with van der Waals surface area (Å²) in [7, 11) is 1.86. The van der Waals surface area contributed by atoms with Gasteiger partial charge < -0.3 is 10.6 Å². The van der Waals surface area contributed by atoms with Gasteiger partial charge in [-0.1, -0.05) is 6.07 Å². The van der Waals surface area contributed by atoms with Crippen LogP contribution in [-0.2, 0) is 6.54 Å². The van der Waals surface area contributed by atoms with E-state index < -0.39 is 0 Å². The molecule has 0 aliphatic heterocycles. The molecular weight excluding hydrogens is 220 g/mol. The summed E-state index contributed by atoms with van der Waals surface area (Å²) in [6.07, 6.45) is 0. The lowest BCUT2D eigenvalue weighted by molar-refractivity contribution is 1.10. The van der Waals surface area contributed by atoms with Crippen LogP contribution in [0.15, 0.2) is 23.7 Å². The zero-order chi connectivity index (χ0) is 11.4. The molecule has 0 fully saturated rings. The number of nitrogens with zero attached hydrogens (tertiary/aromatic N) is 2. The van der Waals surface area contributed by atoms with Crippen molar-refractivity contribution in [2.24, 2.45) is 0 Å². The average Bonchev–Trinajstić information content (AvgIpc) is 2.72. The molecular formula is C11H14N4S. The van der Waals surface area contributed by atoms with Crippen LogP contribution in [0.4, 0.5) is 11.6 Å². The maximum atomic E-state index is 4.38. The summed E-state index contributed by atoms with van der Waals surface area (Å²) >= 11 is 1.66. The van der Waals surface area contributed by atoms with Crippen LogP contribution in [0.1, 0.15) is 10.6 Å². The van der Waals surface area contributed by atoms with E-state index in [9.17, 15) is 0 Å². The van der Waals surface area contributed by atoms with Gasteiger partial charge in [-0.25, -0.2) is 9.97 Å². The van der Waals surface area contributed by atoms with Crippen LogP contribution >= 0.6 is 11.3 Å². The van der Waals surface area contributed by atoms with E-state index in [0.717, 1.165) is 23.9 Å². The van der Waals surface area contributed by atoms with Gasteiger partial charge in [0.05, 0.1) is 17.7 Å². The third-order valence-electron chi connectivity index (χ3n) is 2.28. The van der Waals surface area contributed by atoms with Gasteiger partial charge in [-0.05, 0) is 19.1 Å². The Morgan fingerprint density at radius 3 is 2.81 bits per heavy atom. The minimum Gasteiger partial charge on any atom is -0.373 e. The molecule has 16 heavy (non-hydrogen) atoms. The molecule has 4 nitrogen and oxygen atoms in total. The van der Waals surface area contributed by atoms with Gasteiger partial charge in [0.2, 0.25) is 0 Å². The Bertz CT molecular complexity index is 467. The third kappa shape index (κ3) is 2.49. The van der Waals surface area contributed by atoms with Gasteiger partial charge in [-0.3, -0.25) is 0 Å². The van der Waals surface area contributed by atoms with Crippen molar-refractivity contribution in [1.82, 2.24) is 9.97 Å². The van der Waals surface area contributed by atoms with Crippen molar-refractivity contribution in [3.05, 3.63) is 34.3 Å². The van der Waals surface area contributed by atoms with Gasteiger partial charge in [0.25, 0.3) is 0 Å². The predicted octanol–water partition coefficient (Wildman–Crippen LogP) is 2.50. The Hall–Kier alpha value is -1.62. The number of hydrogen-bond acceptors (Lipinski definition) is 5. The number of anilines is 2. The number of aromatic nitrogens is 2. The molecule has 5 heteroatoms. The molecule has 0 saturated heterocycles. The molecule has 0 amide bonds. The standard InChI is InChI=1S/C11H14N4S/c1-8-9(16-7-14-8)6-13-11-5-3-4-10(12-2)15-11/h3-5,7H,6H2,1-2H3,(H2,12,13,15). The first-order valence-electron chi connectivity index (χ1n) is 5.07. The highest BCUT2D eigenvalue weighted by Crippen LogP contribution is 2.15. The summed E-state index contributed by atoms with van der Waals surface area (Å²) < 4.78 is 0. The van der Waals surface area contributed by atoms with Gasteiger partial charge in [-0.15, -0.1) is 11.3 Å². The molecule has 0 spiro atoms. The highest BCUT2D eigenvalue weighted by Gasteiger charge is 2.01. The van der Waals surface area contributed by atoms with Gasteiger partial charge in [0, 0.05) is 11.9 Å². The smallest absolute Gasteiger partial charge is 0.128 e. The summed E-state index contributed by atoms with van der Waals surface area (Å²) in [6.45, 7) is 2.79. The molecule has 0 atom stereocenters. The van der Waals surface area contributed by atoms with Gasteiger partial charge in [0.15, 0.2) is 0 Å². The summed E-state index contributed by atoms with van der Waals surface area (Å²) in [4.78, 5) is 9.84. The van der Waals surface area contributed by atoms with E-state index in [-0.39, 0.29) is 0 Å². The quantitative estimate of drug-likeness (QED) is 0.853. The minimum absolute atomic E-state index is 0.774. The summed E-state index contributed by atoms with van der Waals surface area (Å²) in [6, 6.07) is 5.86. The Morgan fingerprint density at radius 2 is 2.12 bits per heavy atom. The van der Waals surface area contributed by atoms with Crippen LogP contribution in [0.25, 0.3) is 0 Å². The lowest BCUT2D eigenvalue weighted by Gasteiger charge is -2.06. The molecule has 2 aromatic heterocycles. The third-order valence-corrected chi connectivity index (χ3v) is 3.22. The zero-order valence-electron chi connectivity index (χ0n) is 9.32. The fourth-order valence-corrected chi connectivity index (χ4v) is 2.06. The predicted molar refractivity (Wildman–Crippen MR) is 68.0 cm³/mol. The SMILES string of the molecule is CNc1cccc(NCc2scnc2C)n1. The van der Waals surface area contributed by atoms with E-state index >= 15 is 0 Å². The monoisotopic (exact) mass is 234 g/mol. The van der Waals surface area contributed by atoms with E-state index in [1.807, 2.05) is 37.7 Å². The lowest BCUT2D eigenvalue weighted by atomic mass is 10.4. The maximum absolute atomic E-state index is 4.38. The second-order valence-corrected chi connectivity index (χ2v) is 4.31. The molecule has 0 unspecified atom stereocenters. The fraction of sp³-hybridized carbons (Fsp3) is 0.273. The van der Waals surface area contributed by atoms with E-state index in [4.69, 9.17) is 0 Å². The molecule has 2 N–H and O–H groups in total. The van der Waals surface area contributed by atoms with Crippen molar-refractivity contribution in [3.8, 4) is 0 Å². The highest BCUT2D eigenvalue weighted by molar-refractivity contribution is 7.09. The zero-order valence-corrected chi connectivity index (χ0v) is 10.1. The van der Waals surface area contributed by atoms with Crippen LogP contribution in [-0.4, -0.2) is 17.0 Å². The van der Waals surface area contributed by atoms with Gasteiger partial charge in [-0.2, -0.15) is 0 Å². The van der Waals surface area contributed by atoms with Crippen molar-refractivity contribution in [1.29, 1.82) is 0 Å². The number of pyridine rings is 1. The fourth-order valence-electron chi connectivity index (χ4n) is 1.34. The van der Waals surface area contributed by atoms with Crippen LogP contribution in [0.2, 0.25) is 0 Å². The largest absolute Gasteiger partial charge is 0.373 e. The second kappa shape index (κ2) is 4.94. The number of thiazole rings is 1. The van der Waals surface area contributed by atoms with E-state index in [1.165, 1.54) is 4.88 Å².